The van der Waals surface area contributed by atoms with Crippen molar-refractivity contribution in [3.63, 3.8) is 0 Å². The standard InChI is InChI=1S/C19H14F3NO2/c1-2-25-18(24)16(12-23)17(13-6-4-3-5-7-13)14-8-10-15(11-9-14)19(20,21)22/h3-11H,2H2,1H3. The highest BCUT2D eigenvalue weighted by Gasteiger charge is 2.30. The van der Waals surface area contributed by atoms with Crippen LogP contribution in [0.1, 0.15) is 23.6 Å². The summed E-state index contributed by atoms with van der Waals surface area (Å²) < 4.78 is 43.2. The summed E-state index contributed by atoms with van der Waals surface area (Å²) in [7, 11) is 0. The Morgan fingerprint density at radius 1 is 1.04 bits per heavy atom. The second-order valence-corrected chi connectivity index (χ2v) is 5.02. The molecule has 0 spiro atoms. The zero-order chi connectivity index (χ0) is 18.4. The van der Waals surface area contributed by atoms with Crippen LogP contribution in [0.4, 0.5) is 13.2 Å². The Morgan fingerprint density at radius 3 is 2.08 bits per heavy atom. The molecular weight excluding hydrogens is 331 g/mol. The quantitative estimate of drug-likeness (QED) is 0.462. The van der Waals surface area contributed by atoms with Gasteiger partial charge in [0.15, 0.2) is 0 Å². The van der Waals surface area contributed by atoms with E-state index in [1.54, 1.807) is 37.3 Å². The molecule has 0 fully saturated rings. The number of hydrogen-bond donors (Lipinski definition) is 0. The van der Waals surface area contributed by atoms with Gasteiger partial charge in [0.1, 0.15) is 11.6 Å². The molecule has 0 saturated heterocycles. The van der Waals surface area contributed by atoms with Gasteiger partial charge in [-0.25, -0.2) is 4.79 Å². The van der Waals surface area contributed by atoms with Gasteiger partial charge in [-0.15, -0.1) is 0 Å². The minimum atomic E-state index is -4.46. The molecule has 2 aromatic rings. The third-order valence-electron chi connectivity index (χ3n) is 3.40. The summed E-state index contributed by atoms with van der Waals surface area (Å²) in [6.45, 7) is 1.69. The fourth-order valence-corrected chi connectivity index (χ4v) is 2.29. The topological polar surface area (TPSA) is 50.1 Å². The van der Waals surface area contributed by atoms with Crippen molar-refractivity contribution in [1.29, 1.82) is 5.26 Å². The number of ether oxygens (including phenoxy) is 1. The molecule has 0 aliphatic heterocycles. The molecule has 6 heteroatoms. The molecule has 128 valence electrons. The normalized spacial score (nSPS) is 12.1. The van der Waals surface area contributed by atoms with E-state index in [1.807, 2.05) is 6.07 Å². The van der Waals surface area contributed by atoms with Gasteiger partial charge in [0, 0.05) is 5.57 Å². The first kappa shape index (κ1) is 18.3. The van der Waals surface area contributed by atoms with Gasteiger partial charge >= 0.3 is 12.1 Å². The molecule has 0 bridgehead atoms. The predicted octanol–water partition coefficient (Wildman–Crippen LogP) is 4.59. The monoisotopic (exact) mass is 345 g/mol. The first-order valence-electron chi connectivity index (χ1n) is 7.43. The SMILES string of the molecule is CCOC(=O)C(C#N)=C(c1ccccc1)c1ccc(C(F)(F)F)cc1. The fraction of sp³-hybridized carbons (Fsp3) is 0.158. The predicted molar refractivity (Wildman–Crippen MR) is 86.2 cm³/mol. The number of hydrogen-bond acceptors (Lipinski definition) is 3. The number of carbonyl (C=O) groups excluding carboxylic acids is 1. The maximum absolute atomic E-state index is 12.8. The van der Waals surface area contributed by atoms with Gasteiger partial charge < -0.3 is 4.74 Å². The minimum Gasteiger partial charge on any atom is -0.462 e. The second-order valence-electron chi connectivity index (χ2n) is 5.02. The molecule has 3 nitrogen and oxygen atoms in total. The fourth-order valence-electron chi connectivity index (χ4n) is 2.29. The Hall–Kier alpha value is -3.07. The highest BCUT2D eigenvalue weighted by molar-refractivity contribution is 6.05. The van der Waals surface area contributed by atoms with Crippen molar-refractivity contribution in [2.75, 3.05) is 6.61 Å². The van der Waals surface area contributed by atoms with Gasteiger partial charge in [0.2, 0.25) is 0 Å². The number of nitriles is 1. The lowest BCUT2D eigenvalue weighted by atomic mass is 9.92. The highest BCUT2D eigenvalue weighted by Crippen LogP contribution is 2.32. The first-order chi connectivity index (χ1) is 11.9. The minimum absolute atomic E-state index is 0.0824. The summed E-state index contributed by atoms with van der Waals surface area (Å²) in [4.78, 5) is 12.1. The van der Waals surface area contributed by atoms with Crippen molar-refractivity contribution in [2.24, 2.45) is 0 Å². The first-order valence-corrected chi connectivity index (χ1v) is 7.43. The molecule has 0 aliphatic carbocycles. The van der Waals surface area contributed by atoms with Crippen LogP contribution < -0.4 is 0 Å². The van der Waals surface area contributed by atoms with Crippen molar-refractivity contribution in [1.82, 2.24) is 0 Å². The molecular formula is C19H14F3NO2. The van der Waals surface area contributed by atoms with E-state index in [2.05, 4.69) is 0 Å². The summed E-state index contributed by atoms with van der Waals surface area (Å²) in [5, 5.41) is 9.41. The molecule has 0 aromatic heterocycles. The van der Waals surface area contributed by atoms with E-state index in [0.29, 0.717) is 11.1 Å². The van der Waals surface area contributed by atoms with Crippen LogP contribution >= 0.6 is 0 Å². The van der Waals surface area contributed by atoms with Gasteiger partial charge in [0.25, 0.3) is 0 Å². The van der Waals surface area contributed by atoms with Crippen molar-refractivity contribution < 1.29 is 22.7 Å². The van der Waals surface area contributed by atoms with Gasteiger partial charge in [0.05, 0.1) is 12.2 Å². The summed E-state index contributed by atoms with van der Waals surface area (Å²) >= 11 is 0. The number of halogens is 3. The van der Waals surface area contributed by atoms with Gasteiger partial charge in [-0.2, -0.15) is 18.4 Å². The Bertz CT molecular complexity index is 816. The Labute approximate surface area is 143 Å². The van der Waals surface area contributed by atoms with E-state index in [0.717, 1.165) is 12.1 Å². The summed E-state index contributed by atoms with van der Waals surface area (Å²) in [5.41, 5.74) is 0.0250. The molecule has 0 radical (unpaired) electrons. The number of benzene rings is 2. The third kappa shape index (κ3) is 4.27. The average Bonchev–Trinajstić information content (AvgIpc) is 2.60. The van der Waals surface area contributed by atoms with Crippen molar-refractivity contribution in [3.05, 3.63) is 76.9 Å². The van der Waals surface area contributed by atoms with Crippen molar-refractivity contribution >= 4 is 11.5 Å². The van der Waals surface area contributed by atoms with E-state index in [4.69, 9.17) is 4.74 Å². The molecule has 2 rings (SSSR count). The van der Waals surface area contributed by atoms with Crippen LogP contribution in [0.15, 0.2) is 60.2 Å². The van der Waals surface area contributed by atoms with Gasteiger partial charge in [-0.3, -0.25) is 0 Å². The summed E-state index contributed by atoms with van der Waals surface area (Å²) in [6, 6.07) is 14.6. The zero-order valence-electron chi connectivity index (χ0n) is 13.3. The Morgan fingerprint density at radius 2 is 1.60 bits per heavy atom. The van der Waals surface area contributed by atoms with E-state index in [9.17, 15) is 23.2 Å². The lowest BCUT2D eigenvalue weighted by molar-refractivity contribution is -0.138. The molecule has 0 unspecified atom stereocenters. The van der Waals surface area contributed by atoms with Crippen LogP contribution in [0.2, 0.25) is 0 Å². The van der Waals surface area contributed by atoms with Gasteiger partial charge in [-0.05, 0) is 30.2 Å². The van der Waals surface area contributed by atoms with Crippen LogP contribution in [-0.4, -0.2) is 12.6 Å². The number of nitrogens with zero attached hydrogens (tertiary/aromatic N) is 1. The highest BCUT2D eigenvalue weighted by atomic mass is 19.4. The summed E-state index contributed by atoms with van der Waals surface area (Å²) in [6.07, 6.45) is -4.46. The molecule has 25 heavy (non-hydrogen) atoms. The smallest absolute Gasteiger partial charge is 0.416 e. The number of carbonyl (C=O) groups is 1. The van der Waals surface area contributed by atoms with E-state index < -0.39 is 17.7 Å². The molecule has 0 amide bonds. The van der Waals surface area contributed by atoms with Crippen LogP contribution in [0.3, 0.4) is 0 Å². The molecule has 0 saturated carbocycles. The van der Waals surface area contributed by atoms with E-state index in [-0.39, 0.29) is 17.8 Å². The largest absolute Gasteiger partial charge is 0.462 e. The molecule has 0 heterocycles. The number of rotatable bonds is 4. The molecule has 0 aliphatic rings. The van der Waals surface area contributed by atoms with E-state index >= 15 is 0 Å². The third-order valence-corrected chi connectivity index (χ3v) is 3.40. The van der Waals surface area contributed by atoms with Crippen LogP contribution in [0.5, 0.6) is 0 Å². The van der Waals surface area contributed by atoms with Crippen molar-refractivity contribution in [3.8, 4) is 6.07 Å². The number of alkyl halides is 3. The Kier molecular flexibility index (Phi) is 5.60. The maximum Gasteiger partial charge on any atom is 0.416 e. The summed E-state index contributed by atoms with van der Waals surface area (Å²) in [5.74, 6) is -0.816. The second kappa shape index (κ2) is 7.67. The van der Waals surface area contributed by atoms with Crippen LogP contribution in [0.25, 0.3) is 5.57 Å². The van der Waals surface area contributed by atoms with Crippen LogP contribution in [0, 0.1) is 11.3 Å². The lowest BCUT2D eigenvalue weighted by Crippen LogP contribution is -2.10. The Balaban J connectivity index is 2.64. The molecule has 0 atom stereocenters. The van der Waals surface area contributed by atoms with Crippen LogP contribution in [-0.2, 0) is 15.7 Å². The van der Waals surface area contributed by atoms with E-state index in [1.165, 1.54) is 12.1 Å². The molecule has 0 N–H and O–H groups in total. The molecule has 2 aromatic carbocycles. The van der Waals surface area contributed by atoms with Crippen molar-refractivity contribution in [2.45, 2.75) is 13.1 Å². The van der Waals surface area contributed by atoms with Gasteiger partial charge in [-0.1, -0.05) is 42.5 Å². The zero-order valence-corrected chi connectivity index (χ0v) is 13.3. The lowest BCUT2D eigenvalue weighted by Gasteiger charge is -2.13. The maximum atomic E-state index is 12.8. The number of esters is 1. The average molecular weight is 345 g/mol.